The van der Waals surface area contributed by atoms with Crippen LogP contribution in [0.4, 0.5) is 0 Å². The summed E-state index contributed by atoms with van der Waals surface area (Å²) in [6.07, 6.45) is 2.92. The first-order chi connectivity index (χ1) is 26.6. The Balaban J connectivity index is 0.000000154. The zero-order chi connectivity index (χ0) is 36.4. The standard InChI is InChI=1S/C31H20O.C21H19N/c1-19-7-6-12-30-31(19)28-18-21(14-16-29(28)32-30)20-13-15-26-24-10-3-2-8-22(24)23-9-4-5-11-25(23)27(26)17-20;22-21(19-11-5-2-6-12-19)15-14-17-8-7-13-20(16-17)18-9-3-1-4-10-18/h2-18H,1H3;1-13,15-16H,14,22H2/b;21-15-. The predicted octanol–water partition coefficient (Wildman–Crippen LogP) is 13.9. The second kappa shape index (κ2) is 14.3. The largest absolute Gasteiger partial charge is 0.456 e. The lowest BCUT2D eigenvalue weighted by Crippen LogP contribution is -1.97. The number of fused-ring (bicyclic) bond motifs is 9. The number of aryl methyl sites for hydroxylation is 1. The number of rotatable bonds is 5. The average Bonchev–Trinajstić information content (AvgIpc) is 3.63. The first-order valence-electron chi connectivity index (χ1n) is 18.5. The molecular formula is C52H39NO. The van der Waals surface area contributed by atoms with Crippen molar-refractivity contribution in [2.24, 2.45) is 5.73 Å². The third-order valence-corrected chi connectivity index (χ3v) is 10.5. The molecule has 1 aromatic heterocycles. The van der Waals surface area contributed by atoms with E-state index in [-0.39, 0.29) is 0 Å². The Hall–Kier alpha value is -6.90. The molecule has 0 amide bonds. The van der Waals surface area contributed by atoms with Gasteiger partial charge in [0.1, 0.15) is 11.2 Å². The van der Waals surface area contributed by atoms with Crippen LogP contribution in [0.5, 0.6) is 0 Å². The molecule has 0 spiro atoms. The maximum Gasteiger partial charge on any atom is 0.135 e. The Morgan fingerprint density at radius 2 is 0.981 bits per heavy atom. The zero-order valence-electron chi connectivity index (χ0n) is 30.2. The molecule has 0 bridgehead atoms. The van der Waals surface area contributed by atoms with Gasteiger partial charge in [0, 0.05) is 16.5 Å². The fourth-order valence-electron chi connectivity index (χ4n) is 7.76. The highest BCUT2D eigenvalue weighted by Gasteiger charge is 2.13. The van der Waals surface area contributed by atoms with Gasteiger partial charge in [-0.2, -0.15) is 0 Å². The highest BCUT2D eigenvalue weighted by molar-refractivity contribution is 6.25. The number of hydrogen-bond acceptors (Lipinski definition) is 2. The molecule has 0 saturated carbocycles. The Morgan fingerprint density at radius 3 is 1.69 bits per heavy atom. The fourth-order valence-corrected chi connectivity index (χ4v) is 7.76. The van der Waals surface area contributed by atoms with E-state index in [9.17, 15) is 0 Å². The summed E-state index contributed by atoms with van der Waals surface area (Å²) in [6, 6.07) is 66.3. The SMILES string of the molecule is Cc1cccc2oc3ccc(-c4ccc5c6ccccc6c6ccccc6c5c4)cc3c12.N/C(=C\Cc1cccc(-c2ccccc2)c1)c1ccccc1. The van der Waals surface area contributed by atoms with Gasteiger partial charge in [0.2, 0.25) is 0 Å². The Kier molecular flexibility index (Phi) is 8.70. The molecule has 0 radical (unpaired) electrons. The molecule has 54 heavy (non-hydrogen) atoms. The minimum absolute atomic E-state index is 0.825. The van der Waals surface area contributed by atoms with Crippen molar-refractivity contribution in [2.45, 2.75) is 13.3 Å². The lowest BCUT2D eigenvalue weighted by Gasteiger charge is -2.12. The van der Waals surface area contributed by atoms with Crippen LogP contribution in [0, 0.1) is 6.92 Å². The molecule has 1 heterocycles. The molecule has 0 aliphatic heterocycles. The number of hydrogen-bond donors (Lipinski definition) is 1. The van der Waals surface area contributed by atoms with Crippen molar-refractivity contribution in [2.75, 3.05) is 0 Å². The lowest BCUT2D eigenvalue weighted by molar-refractivity contribution is 0.669. The molecular weight excluding hydrogens is 655 g/mol. The lowest BCUT2D eigenvalue weighted by atomic mass is 9.92. The van der Waals surface area contributed by atoms with E-state index in [1.54, 1.807) is 0 Å². The van der Waals surface area contributed by atoms with Crippen molar-refractivity contribution >= 4 is 60.0 Å². The molecule has 0 aliphatic rings. The van der Waals surface area contributed by atoms with Gasteiger partial charge in [0.25, 0.3) is 0 Å². The Bertz CT molecular complexity index is 2940. The van der Waals surface area contributed by atoms with Gasteiger partial charge in [-0.3, -0.25) is 0 Å². The van der Waals surface area contributed by atoms with E-state index in [4.69, 9.17) is 10.2 Å². The van der Waals surface area contributed by atoms with E-state index in [1.807, 2.05) is 36.4 Å². The van der Waals surface area contributed by atoms with Crippen LogP contribution in [0.2, 0.25) is 0 Å². The minimum Gasteiger partial charge on any atom is -0.456 e. The summed E-state index contributed by atoms with van der Waals surface area (Å²) in [4.78, 5) is 0. The molecule has 0 fully saturated rings. The van der Waals surface area contributed by atoms with Crippen LogP contribution in [-0.2, 0) is 6.42 Å². The smallest absolute Gasteiger partial charge is 0.135 e. The van der Waals surface area contributed by atoms with E-state index in [1.165, 1.54) is 76.5 Å². The van der Waals surface area contributed by atoms with Crippen molar-refractivity contribution in [1.82, 2.24) is 0 Å². The number of allylic oxidation sites excluding steroid dienone is 1. The van der Waals surface area contributed by atoms with Crippen LogP contribution in [0.3, 0.4) is 0 Å². The van der Waals surface area contributed by atoms with Crippen LogP contribution in [0.25, 0.3) is 82.2 Å². The van der Waals surface area contributed by atoms with Gasteiger partial charge < -0.3 is 10.2 Å². The highest BCUT2D eigenvalue weighted by atomic mass is 16.3. The molecule has 10 rings (SSSR count). The van der Waals surface area contributed by atoms with Crippen LogP contribution in [-0.4, -0.2) is 0 Å². The normalized spacial score (nSPS) is 11.7. The van der Waals surface area contributed by atoms with Crippen LogP contribution in [0.1, 0.15) is 16.7 Å². The van der Waals surface area contributed by atoms with E-state index >= 15 is 0 Å². The van der Waals surface area contributed by atoms with Crippen LogP contribution >= 0.6 is 0 Å². The van der Waals surface area contributed by atoms with Crippen molar-refractivity contribution in [3.63, 3.8) is 0 Å². The van der Waals surface area contributed by atoms with E-state index in [0.29, 0.717) is 0 Å². The zero-order valence-corrected chi connectivity index (χ0v) is 30.2. The minimum atomic E-state index is 0.825. The van der Waals surface area contributed by atoms with Gasteiger partial charge in [0.05, 0.1) is 0 Å². The monoisotopic (exact) mass is 693 g/mol. The quantitative estimate of drug-likeness (QED) is 0.182. The summed E-state index contributed by atoms with van der Waals surface area (Å²) in [5, 5.41) is 10.2. The van der Waals surface area contributed by atoms with E-state index in [2.05, 4.69) is 165 Å². The summed E-state index contributed by atoms with van der Waals surface area (Å²) in [6.45, 7) is 2.15. The van der Waals surface area contributed by atoms with Crippen LogP contribution in [0.15, 0.2) is 199 Å². The number of nitrogens with two attached hydrogens (primary N) is 1. The van der Waals surface area contributed by atoms with Crippen LogP contribution < -0.4 is 5.73 Å². The highest BCUT2D eigenvalue weighted by Crippen LogP contribution is 2.39. The summed E-state index contributed by atoms with van der Waals surface area (Å²) in [5.41, 5.74) is 17.4. The van der Waals surface area contributed by atoms with Gasteiger partial charge in [-0.25, -0.2) is 0 Å². The first-order valence-corrected chi connectivity index (χ1v) is 18.5. The van der Waals surface area contributed by atoms with Crippen molar-refractivity contribution < 1.29 is 4.42 Å². The van der Waals surface area contributed by atoms with Gasteiger partial charge in [-0.1, -0.05) is 170 Å². The number of benzene rings is 9. The molecule has 10 aromatic rings. The van der Waals surface area contributed by atoms with Crippen molar-refractivity contribution in [3.8, 4) is 22.3 Å². The van der Waals surface area contributed by atoms with Gasteiger partial charge in [0.15, 0.2) is 0 Å². The topological polar surface area (TPSA) is 39.2 Å². The van der Waals surface area contributed by atoms with E-state index in [0.717, 1.165) is 28.8 Å². The molecule has 2 N–H and O–H groups in total. The molecule has 0 atom stereocenters. The first kappa shape index (κ1) is 33.0. The maximum atomic E-state index is 6.15. The van der Waals surface area contributed by atoms with Gasteiger partial charge in [-0.15, -0.1) is 0 Å². The number of furan rings is 1. The summed E-state index contributed by atoms with van der Waals surface area (Å²) in [5.74, 6) is 0. The van der Waals surface area contributed by atoms with Crippen molar-refractivity contribution in [3.05, 3.63) is 211 Å². The second-order valence-electron chi connectivity index (χ2n) is 13.9. The maximum absolute atomic E-state index is 6.15. The predicted molar refractivity (Wildman–Crippen MR) is 231 cm³/mol. The molecule has 0 aliphatic carbocycles. The summed E-state index contributed by atoms with van der Waals surface area (Å²) >= 11 is 0. The molecule has 258 valence electrons. The summed E-state index contributed by atoms with van der Waals surface area (Å²) < 4.78 is 6.10. The fraction of sp³-hybridized carbons (Fsp3) is 0.0385. The van der Waals surface area contributed by atoms with E-state index < -0.39 is 0 Å². The molecule has 0 saturated heterocycles. The Morgan fingerprint density at radius 1 is 0.444 bits per heavy atom. The molecule has 0 unspecified atom stereocenters. The molecule has 9 aromatic carbocycles. The third-order valence-electron chi connectivity index (χ3n) is 10.5. The van der Waals surface area contributed by atoms with Gasteiger partial charge in [-0.05, 0) is 109 Å². The second-order valence-corrected chi connectivity index (χ2v) is 13.9. The summed E-state index contributed by atoms with van der Waals surface area (Å²) in [7, 11) is 0. The molecule has 2 nitrogen and oxygen atoms in total. The van der Waals surface area contributed by atoms with Gasteiger partial charge >= 0.3 is 0 Å². The Labute approximate surface area is 315 Å². The van der Waals surface area contributed by atoms with Crippen molar-refractivity contribution in [1.29, 1.82) is 0 Å². The average molecular weight is 694 g/mol. The molecule has 2 heteroatoms. The third kappa shape index (κ3) is 6.29.